The molecule has 156 valence electrons. The van der Waals surface area contributed by atoms with Gasteiger partial charge in [-0.2, -0.15) is 0 Å². The average Bonchev–Trinajstić information content (AvgIpc) is 2.61. The molecule has 4 nitrogen and oxygen atoms in total. The Morgan fingerprint density at radius 3 is 2.34 bits per heavy atom. The molecular formula is C22H24Cl2FNO3. The maximum Gasteiger partial charge on any atom is 0.306 e. The van der Waals surface area contributed by atoms with Crippen LogP contribution in [0.5, 0.6) is 0 Å². The fourth-order valence-corrected chi connectivity index (χ4v) is 3.38. The van der Waals surface area contributed by atoms with Gasteiger partial charge in [-0.3, -0.25) is 9.59 Å². The minimum atomic E-state index is -0.745. The SMILES string of the molecule is CC[C@@H](CC(=O)OC(C)(C)C)c1ccc(Cl)c(C(=O)c2ccc(N)c(Cl)c2)c1F. The number of rotatable bonds is 6. The van der Waals surface area contributed by atoms with Crippen LogP contribution < -0.4 is 5.73 Å². The molecule has 2 N–H and O–H groups in total. The minimum Gasteiger partial charge on any atom is -0.460 e. The molecule has 0 spiro atoms. The van der Waals surface area contributed by atoms with E-state index >= 15 is 4.39 Å². The van der Waals surface area contributed by atoms with Crippen LogP contribution >= 0.6 is 23.2 Å². The Morgan fingerprint density at radius 2 is 1.79 bits per heavy atom. The van der Waals surface area contributed by atoms with E-state index in [1.807, 2.05) is 6.92 Å². The number of esters is 1. The number of benzene rings is 2. The molecule has 0 aliphatic carbocycles. The monoisotopic (exact) mass is 439 g/mol. The average molecular weight is 440 g/mol. The minimum absolute atomic E-state index is 0.00630. The summed E-state index contributed by atoms with van der Waals surface area (Å²) in [5.41, 5.74) is 5.50. The van der Waals surface area contributed by atoms with E-state index in [2.05, 4.69) is 0 Å². The first kappa shape index (κ1) is 23.2. The third-order valence-electron chi connectivity index (χ3n) is 4.38. The predicted molar refractivity (Wildman–Crippen MR) is 114 cm³/mol. The highest BCUT2D eigenvalue weighted by molar-refractivity contribution is 6.36. The normalized spacial score (nSPS) is 12.5. The maximum atomic E-state index is 15.4. The number of halogens is 3. The number of ether oxygens (including phenoxy) is 1. The molecule has 0 heterocycles. The summed E-state index contributed by atoms with van der Waals surface area (Å²) < 4.78 is 20.7. The van der Waals surface area contributed by atoms with Crippen molar-refractivity contribution in [3.05, 3.63) is 62.9 Å². The molecule has 0 amide bonds. The van der Waals surface area contributed by atoms with Crippen LogP contribution in [0.1, 0.15) is 67.9 Å². The van der Waals surface area contributed by atoms with E-state index in [1.54, 1.807) is 20.8 Å². The second kappa shape index (κ2) is 9.14. The zero-order valence-electron chi connectivity index (χ0n) is 16.8. The van der Waals surface area contributed by atoms with E-state index < -0.39 is 29.1 Å². The van der Waals surface area contributed by atoms with Gasteiger partial charge in [-0.25, -0.2) is 4.39 Å². The number of hydrogen-bond acceptors (Lipinski definition) is 4. The Kier molecular flexibility index (Phi) is 7.30. The maximum absolute atomic E-state index is 15.4. The highest BCUT2D eigenvalue weighted by Gasteiger charge is 2.27. The van der Waals surface area contributed by atoms with Crippen molar-refractivity contribution in [1.29, 1.82) is 0 Å². The van der Waals surface area contributed by atoms with Gasteiger partial charge in [-0.05, 0) is 62.9 Å². The van der Waals surface area contributed by atoms with Gasteiger partial charge in [-0.1, -0.05) is 36.2 Å². The van der Waals surface area contributed by atoms with Gasteiger partial charge in [0.15, 0.2) is 5.78 Å². The summed E-state index contributed by atoms with van der Waals surface area (Å²) >= 11 is 12.1. The molecule has 2 aromatic rings. The smallest absolute Gasteiger partial charge is 0.306 e. The van der Waals surface area contributed by atoms with Gasteiger partial charge in [0.25, 0.3) is 0 Å². The summed E-state index contributed by atoms with van der Waals surface area (Å²) in [4.78, 5) is 25.1. The molecule has 0 aromatic heterocycles. The third-order valence-corrected chi connectivity index (χ3v) is 5.02. The Hall–Kier alpha value is -2.11. The summed E-state index contributed by atoms with van der Waals surface area (Å²) in [6, 6.07) is 7.28. The lowest BCUT2D eigenvalue weighted by molar-refractivity contribution is -0.155. The van der Waals surface area contributed by atoms with Gasteiger partial charge in [0.2, 0.25) is 0 Å². The van der Waals surface area contributed by atoms with Crippen molar-refractivity contribution in [2.75, 3.05) is 5.73 Å². The fourth-order valence-electron chi connectivity index (χ4n) is 2.96. The van der Waals surface area contributed by atoms with Crippen molar-refractivity contribution < 1.29 is 18.7 Å². The standard InChI is InChI=1S/C22H24Cl2FNO3/c1-5-12(11-18(27)29-22(2,3)4)14-7-8-15(23)19(20(14)25)21(28)13-6-9-17(26)16(24)10-13/h6-10,12H,5,11,26H2,1-4H3/t12-/m0/s1. The van der Waals surface area contributed by atoms with Crippen LogP contribution in [0.4, 0.5) is 10.1 Å². The zero-order valence-corrected chi connectivity index (χ0v) is 18.3. The number of nitrogen functional groups attached to an aromatic ring is 1. The number of anilines is 1. The number of carbonyl (C=O) groups is 2. The molecule has 0 radical (unpaired) electrons. The summed E-state index contributed by atoms with van der Waals surface area (Å²) in [6.07, 6.45) is 0.479. The second-order valence-electron chi connectivity index (χ2n) is 7.79. The number of nitrogens with two attached hydrogens (primary N) is 1. The molecule has 1 atom stereocenters. The van der Waals surface area contributed by atoms with Gasteiger partial charge in [0, 0.05) is 5.56 Å². The number of hydrogen-bond donors (Lipinski definition) is 1. The van der Waals surface area contributed by atoms with Crippen LogP contribution in [0.25, 0.3) is 0 Å². The van der Waals surface area contributed by atoms with Crippen LogP contribution in [-0.2, 0) is 9.53 Å². The molecule has 0 fully saturated rings. The largest absolute Gasteiger partial charge is 0.460 e. The summed E-state index contributed by atoms with van der Waals surface area (Å²) in [7, 11) is 0. The first-order valence-electron chi connectivity index (χ1n) is 9.24. The first-order chi connectivity index (χ1) is 13.4. The van der Waals surface area contributed by atoms with E-state index in [0.29, 0.717) is 12.1 Å². The van der Waals surface area contributed by atoms with E-state index in [4.69, 9.17) is 33.7 Å². The van der Waals surface area contributed by atoms with Gasteiger partial charge >= 0.3 is 5.97 Å². The Morgan fingerprint density at radius 1 is 1.14 bits per heavy atom. The molecule has 0 unspecified atom stereocenters. The number of carbonyl (C=O) groups excluding carboxylic acids is 2. The Balaban J connectivity index is 2.41. The highest BCUT2D eigenvalue weighted by atomic mass is 35.5. The predicted octanol–water partition coefficient (Wildman–Crippen LogP) is 6.17. The summed E-state index contributed by atoms with van der Waals surface area (Å²) in [6.45, 7) is 7.14. The van der Waals surface area contributed by atoms with E-state index in [9.17, 15) is 9.59 Å². The molecule has 0 aliphatic heterocycles. The highest BCUT2D eigenvalue weighted by Crippen LogP contribution is 2.33. The van der Waals surface area contributed by atoms with Crippen LogP contribution in [0.2, 0.25) is 10.0 Å². The van der Waals surface area contributed by atoms with Crippen LogP contribution in [-0.4, -0.2) is 17.4 Å². The molecule has 0 bridgehead atoms. The molecule has 0 saturated carbocycles. The van der Waals surface area contributed by atoms with E-state index in [1.165, 1.54) is 30.3 Å². The fraction of sp³-hybridized carbons (Fsp3) is 0.364. The van der Waals surface area contributed by atoms with Crippen molar-refractivity contribution in [1.82, 2.24) is 0 Å². The van der Waals surface area contributed by atoms with Gasteiger partial charge in [0.1, 0.15) is 11.4 Å². The summed E-state index contributed by atoms with van der Waals surface area (Å²) in [5, 5.41) is 0.177. The van der Waals surface area contributed by atoms with Crippen molar-refractivity contribution in [2.24, 2.45) is 0 Å². The Bertz CT molecular complexity index is 938. The molecule has 2 rings (SSSR count). The van der Waals surface area contributed by atoms with Gasteiger partial charge < -0.3 is 10.5 Å². The van der Waals surface area contributed by atoms with Crippen molar-refractivity contribution in [2.45, 2.75) is 52.1 Å². The molecule has 29 heavy (non-hydrogen) atoms. The van der Waals surface area contributed by atoms with Crippen molar-refractivity contribution in [3.63, 3.8) is 0 Å². The molecule has 0 saturated heterocycles. The summed E-state index contributed by atoms with van der Waals surface area (Å²) in [5.74, 6) is -2.24. The third kappa shape index (κ3) is 5.71. The van der Waals surface area contributed by atoms with Crippen LogP contribution in [0.15, 0.2) is 30.3 Å². The second-order valence-corrected chi connectivity index (χ2v) is 8.60. The molecule has 0 aliphatic rings. The van der Waals surface area contributed by atoms with Gasteiger partial charge in [0.05, 0.1) is 27.7 Å². The van der Waals surface area contributed by atoms with Crippen molar-refractivity contribution >= 4 is 40.6 Å². The lowest BCUT2D eigenvalue weighted by Gasteiger charge is -2.22. The molecule has 7 heteroatoms. The first-order valence-corrected chi connectivity index (χ1v) is 9.99. The lowest BCUT2D eigenvalue weighted by atomic mass is 9.89. The van der Waals surface area contributed by atoms with Crippen LogP contribution in [0.3, 0.4) is 0 Å². The molecular weight excluding hydrogens is 416 g/mol. The number of ketones is 1. The van der Waals surface area contributed by atoms with E-state index in [0.717, 1.165) is 0 Å². The zero-order chi connectivity index (χ0) is 21.9. The van der Waals surface area contributed by atoms with E-state index in [-0.39, 0.29) is 33.2 Å². The topological polar surface area (TPSA) is 69.4 Å². The van der Waals surface area contributed by atoms with Crippen molar-refractivity contribution in [3.8, 4) is 0 Å². The quantitative estimate of drug-likeness (QED) is 0.331. The lowest BCUT2D eigenvalue weighted by Crippen LogP contribution is -2.25. The van der Waals surface area contributed by atoms with Crippen LogP contribution in [0, 0.1) is 5.82 Å². The Labute approximate surface area is 180 Å². The molecule has 2 aromatic carbocycles. The van der Waals surface area contributed by atoms with Gasteiger partial charge in [-0.15, -0.1) is 0 Å².